The van der Waals surface area contributed by atoms with Crippen molar-refractivity contribution in [2.75, 3.05) is 0 Å². The Morgan fingerprint density at radius 3 is 2.25 bits per heavy atom. The number of rotatable bonds is 4. The van der Waals surface area contributed by atoms with Gasteiger partial charge in [0, 0.05) is 59.7 Å². The Hall–Kier alpha value is -2.55. The predicted octanol–water partition coefficient (Wildman–Crippen LogP) is 3.99. The molecule has 2 saturated heterocycles. The Kier molecular flexibility index (Phi) is 6.88. The maximum atomic E-state index is 10.4. The van der Waals surface area contributed by atoms with Gasteiger partial charge in [-0.2, -0.15) is 0 Å². The van der Waals surface area contributed by atoms with Crippen molar-refractivity contribution in [3.05, 3.63) is 43.1 Å². The summed E-state index contributed by atoms with van der Waals surface area (Å²) in [5.74, 6) is 0.518. The number of hydrogen-bond acceptors (Lipinski definition) is 8. The molecule has 0 radical (unpaired) electrons. The Balaban J connectivity index is 0.00000144. The molecular formula is C22H26Cl2N6O2. The fourth-order valence-corrected chi connectivity index (χ4v) is 4.81. The SMILES string of the molecule is C[C@]12CC[C@](C)(CC(Oc3ccc(-c4ncc(-c5cncnc5)cc4O)nn3)C1)N2.Cl.Cl. The van der Waals surface area contributed by atoms with E-state index in [-0.39, 0.29) is 47.7 Å². The third-order valence-corrected chi connectivity index (χ3v) is 6.12. The second-order valence-electron chi connectivity index (χ2n) is 8.87. The van der Waals surface area contributed by atoms with Crippen LogP contribution >= 0.6 is 24.8 Å². The number of ether oxygens (including phenoxy) is 1. The van der Waals surface area contributed by atoms with E-state index >= 15 is 0 Å². The quantitative estimate of drug-likeness (QED) is 0.581. The standard InChI is InChI=1S/C22H24N6O2.2ClH/c1-21-5-6-22(2,28-21)9-16(8-21)30-19-4-3-17(26-27-19)20-18(29)7-14(12-25-20)15-10-23-13-24-11-15;;/h3-4,7,10-13,16,28-29H,5-6,8-9H2,1-2H3;2*1H/t16?,21-,22+;;. The molecule has 10 heteroatoms. The van der Waals surface area contributed by atoms with Crippen molar-refractivity contribution in [1.29, 1.82) is 0 Å². The zero-order valence-electron chi connectivity index (χ0n) is 17.9. The molecule has 170 valence electrons. The molecule has 3 aromatic heterocycles. The molecule has 2 aliphatic rings. The van der Waals surface area contributed by atoms with Crippen molar-refractivity contribution in [2.45, 2.75) is 56.7 Å². The minimum absolute atomic E-state index is 0. The zero-order chi connectivity index (χ0) is 20.8. The summed E-state index contributed by atoms with van der Waals surface area (Å²) in [6, 6.07) is 5.19. The van der Waals surface area contributed by atoms with Gasteiger partial charge in [-0.05, 0) is 38.8 Å². The Morgan fingerprint density at radius 1 is 0.969 bits per heavy atom. The van der Waals surface area contributed by atoms with E-state index in [2.05, 4.69) is 44.3 Å². The van der Waals surface area contributed by atoms with E-state index < -0.39 is 0 Å². The van der Waals surface area contributed by atoms with Crippen molar-refractivity contribution in [3.8, 4) is 34.1 Å². The molecule has 5 heterocycles. The third kappa shape index (κ3) is 4.77. The highest BCUT2D eigenvalue weighted by atomic mass is 35.5. The molecular weight excluding hydrogens is 451 g/mol. The van der Waals surface area contributed by atoms with E-state index in [1.54, 1.807) is 36.8 Å². The molecule has 0 aliphatic carbocycles. The highest BCUT2D eigenvalue weighted by molar-refractivity contribution is 5.85. The van der Waals surface area contributed by atoms with Gasteiger partial charge in [0.05, 0.1) is 0 Å². The summed E-state index contributed by atoms with van der Waals surface area (Å²) in [6.45, 7) is 4.53. The molecule has 0 saturated carbocycles. The summed E-state index contributed by atoms with van der Waals surface area (Å²) >= 11 is 0. The van der Waals surface area contributed by atoms with Crippen LogP contribution in [0.5, 0.6) is 11.6 Å². The highest BCUT2D eigenvalue weighted by Crippen LogP contribution is 2.43. The van der Waals surface area contributed by atoms with Gasteiger partial charge in [-0.25, -0.2) is 15.0 Å². The first-order valence-corrected chi connectivity index (χ1v) is 10.2. The van der Waals surface area contributed by atoms with Crippen LogP contribution in [0.1, 0.15) is 39.5 Å². The lowest BCUT2D eigenvalue weighted by Crippen LogP contribution is -2.56. The molecule has 32 heavy (non-hydrogen) atoms. The number of pyridine rings is 1. The Morgan fingerprint density at radius 2 is 1.66 bits per heavy atom. The molecule has 3 atom stereocenters. The van der Waals surface area contributed by atoms with E-state index in [1.165, 1.54) is 19.2 Å². The number of aromatic nitrogens is 5. The van der Waals surface area contributed by atoms with Gasteiger partial charge in [-0.15, -0.1) is 35.0 Å². The van der Waals surface area contributed by atoms with Crippen molar-refractivity contribution >= 4 is 24.8 Å². The van der Waals surface area contributed by atoms with Crippen LogP contribution in [-0.4, -0.2) is 47.4 Å². The number of hydrogen-bond donors (Lipinski definition) is 2. The van der Waals surface area contributed by atoms with Crippen molar-refractivity contribution in [1.82, 2.24) is 30.5 Å². The first kappa shape index (κ1) is 24.1. The lowest BCUT2D eigenvalue weighted by atomic mass is 9.86. The smallest absolute Gasteiger partial charge is 0.233 e. The first-order chi connectivity index (χ1) is 14.4. The van der Waals surface area contributed by atoms with Crippen molar-refractivity contribution in [3.63, 3.8) is 0 Å². The summed E-state index contributed by atoms with van der Waals surface area (Å²) in [6.07, 6.45) is 10.8. The third-order valence-electron chi connectivity index (χ3n) is 6.12. The first-order valence-electron chi connectivity index (χ1n) is 10.2. The number of aromatic hydroxyl groups is 1. The summed E-state index contributed by atoms with van der Waals surface area (Å²) in [7, 11) is 0. The summed E-state index contributed by atoms with van der Waals surface area (Å²) in [5.41, 5.74) is 2.63. The molecule has 0 amide bonds. The Labute approximate surface area is 199 Å². The number of nitrogens with zero attached hydrogens (tertiary/aromatic N) is 5. The van der Waals surface area contributed by atoms with Gasteiger partial charge in [0.25, 0.3) is 0 Å². The molecule has 2 fully saturated rings. The van der Waals surface area contributed by atoms with E-state index in [1.807, 2.05) is 0 Å². The molecule has 2 aliphatic heterocycles. The molecule has 2 N–H and O–H groups in total. The largest absolute Gasteiger partial charge is 0.506 e. The van der Waals surface area contributed by atoms with Crippen molar-refractivity contribution in [2.24, 2.45) is 0 Å². The number of piperidine rings is 1. The molecule has 0 aromatic carbocycles. The molecule has 3 aromatic rings. The zero-order valence-corrected chi connectivity index (χ0v) is 19.5. The number of fused-ring (bicyclic) bond motifs is 2. The van der Waals surface area contributed by atoms with Crippen LogP contribution in [0.2, 0.25) is 0 Å². The van der Waals surface area contributed by atoms with Gasteiger partial charge in [0.2, 0.25) is 5.88 Å². The molecule has 8 nitrogen and oxygen atoms in total. The molecule has 0 spiro atoms. The number of nitrogens with one attached hydrogen (secondary N) is 1. The molecule has 5 rings (SSSR count). The van der Waals surface area contributed by atoms with Crippen LogP contribution in [0.4, 0.5) is 0 Å². The maximum absolute atomic E-state index is 10.4. The summed E-state index contributed by atoms with van der Waals surface area (Å²) in [5, 5.41) is 22.7. The van der Waals surface area contributed by atoms with Crippen molar-refractivity contribution < 1.29 is 9.84 Å². The fourth-order valence-electron chi connectivity index (χ4n) is 4.81. The van der Waals surface area contributed by atoms with Crippen LogP contribution in [0.3, 0.4) is 0 Å². The summed E-state index contributed by atoms with van der Waals surface area (Å²) < 4.78 is 6.15. The average molecular weight is 477 g/mol. The van der Waals surface area contributed by atoms with Gasteiger partial charge < -0.3 is 15.2 Å². The van der Waals surface area contributed by atoms with E-state index in [0.29, 0.717) is 17.3 Å². The van der Waals surface area contributed by atoms with Gasteiger partial charge in [0.1, 0.15) is 29.6 Å². The highest BCUT2D eigenvalue weighted by Gasteiger charge is 2.49. The fraction of sp³-hybridized carbons (Fsp3) is 0.409. The summed E-state index contributed by atoms with van der Waals surface area (Å²) in [4.78, 5) is 12.3. The second-order valence-corrected chi connectivity index (χ2v) is 8.87. The maximum Gasteiger partial charge on any atom is 0.233 e. The van der Waals surface area contributed by atoms with Crippen LogP contribution in [-0.2, 0) is 0 Å². The lowest BCUT2D eigenvalue weighted by molar-refractivity contribution is 0.0754. The van der Waals surface area contributed by atoms with E-state index in [9.17, 15) is 5.11 Å². The monoisotopic (exact) mass is 476 g/mol. The van der Waals surface area contributed by atoms with Gasteiger partial charge >= 0.3 is 0 Å². The van der Waals surface area contributed by atoms with Crippen LogP contribution in [0, 0.1) is 0 Å². The van der Waals surface area contributed by atoms with Gasteiger partial charge in [-0.3, -0.25) is 0 Å². The normalized spacial score (nSPS) is 26.0. The van der Waals surface area contributed by atoms with Crippen LogP contribution in [0.25, 0.3) is 22.5 Å². The van der Waals surface area contributed by atoms with Gasteiger partial charge in [0.15, 0.2) is 0 Å². The van der Waals surface area contributed by atoms with Crippen LogP contribution < -0.4 is 10.1 Å². The predicted molar refractivity (Wildman–Crippen MR) is 125 cm³/mol. The van der Waals surface area contributed by atoms with E-state index in [4.69, 9.17) is 4.74 Å². The topological polar surface area (TPSA) is 106 Å². The molecule has 1 unspecified atom stereocenters. The second kappa shape index (κ2) is 9.13. The van der Waals surface area contributed by atoms with Crippen LogP contribution in [0.15, 0.2) is 43.1 Å². The number of halogens is 2. The minimum Gasteiger partial charge on any atom is -0.506 e. The lowest BCUT2D eigenvalue weighted by Gasteiger charge is -2.41. The minimum atomic E-state index is 0. The van der Waals surface area contributed by atoms with E-state index in [0.717, 1.165) is 24.0 Å². The average Bonchev–Trinajstić information content (AvgIpc) is 2.96. The molecule has 2 bridgehead atoms. The van der Waals surface area contributed by atoms with Gasteiger partial charge in [-0.1, -0.05) is 0 Å². The Bertz CT molecular complexity index is 1050.